The van der Waals surface area contributed by atoms with E-state index in [0.29, 0.717) is 11.6 Å². The SMILES string of the molecule is CCCNc1ccc(Cl)c(COc2ccc(C)cc2C)n1. The normalized spacial score (nSPS) is 10.5. The lowest BCUT2D eigenvalue weighted by molar-refractivity contribution is 0.299. The number of aromatic nitrogens is 1. The number of rotatable bonds is 6. The molecule has 0 spiro atoms. The Labute approximate surface area is 131 Å². The number of anilines is 1. The lowest BCUT2D eigenvalue weighted by Crippen LogP contribution is -2.06. The molecule has 0 aliphatic carbocycles. The molecule has 0 fully saturated rings. The topological polar surface area (TPSA) is 34.1 Å². The molecule has 0 saturated carbocycles. The van der Waals surface area contributed by atoms with Crippen LogP contribution in [0.15, 0.2) is 30.3 Å². The number of pyridine rings is 1. The second-order valence-corrected chi connectivity index (χ2v) is 5.52. The molecule has 4 heteroatoms. The van der Waals surface area contributed by atoms with Crippen molar-refractivity contribution in [2.75, 3.05) is 11.9 Å². The maximum absolute atomic E-state index is 6.19. The zero-order chi connectivity index (χ0) is 15.2. The van der Waals surface area contributed by atoms with Crippen LogP contribution in [0, 0.1) is 13.8 Å². The monoisotopic (exact) mass is 304 g/mol. The van der Waals surface area contributed by atoms with Crippen molar-refractivity contribution in [1.82, 2.24) is 4.98 Å². The highest BCUT2D eigenvalue weighted by atomic mass is 35.5. The molecule has 0 bridgehead atoms. The van der Waals surface area contributed by atoms with Crippen LogP contribution in [0.1, 0.15) is 30.2 Å². The molecule has 1 aromatic carbocycles. The van der Waals surface area contributed by atoms with Gasteiger partial charge in [0.05, 0.1) is 10.7 Å². The predicted octanol–water partition coefficient (Wildman–Crippen LogP) is 4.75. The van der Waals surface area contributed by atoms with E-state index in [-0.39, 0.29) is 0 Å². The Balaban J connectivity index is 2.08. The van der Waals surface area contributed by atoms with Gasteiger partial charge in [0.1, 0.15) is 18.2 Å². The molecule has 1 aromatic heterocycles. The Hall–Kier alpha value is -1.74. The van der Waals surface area contributed by atoms with Crippen molar-refractivity contribution in [3.05, 3.63) is 52.2 Å². The molecule has 1 N–H and O–H groups in total. The van der Waals surface area contributed by atoms with Crippen LogP contribution in [0.2, 0.25) is 5.02 Å². The summed E-state index contributed by atoms with van der Waals surface area (Å²) in [6.45, 7) is 7.48. The molecule has 0 aliphatic rings. The molecule has 2 rings (SSSR count). The van der Waals surface area contributed by atoms with Gasteiger partial charge < -0.3 is 10.1 Å². The molecule has 2 aromatic rings. The lowest BCUT2D eigenvalue weighted by Gasteiger charge is -2.12. The molecule has 0 radical (unpaired) electrons. The summed E-state index contributed by atoms with van der Waals surface area (Å²) in [6, 6.07) is 9.86. The summed E-state index contributed by atoms with van der Waals surface area (Å²) in [5.41, 5.74) is 3.09. The number of benzene rings is 1. The van der Waals surface area contributed by atoms with Crippen molar-refractivity contribution in [3.63, 3.8) is 0 Å². The average molecular weight is 305 g/mol. The van der Waals surface area contributed by atoms with Crippen LogP contribution in [0.25, 0.3) is 0 Å². The van der Waals surface area contributed by atoms with Crippen LogP contribution in [0.5, 0.6) is 5.75 Å². The third kappa shape index (κ3) is 4.36. The number of halogens is 1. The van der Waals surface area contributed by atoms with Gasteiger partial charge in [-0.2, -0.15) is 0 Å². The summed E-state index contributed by atoms with van der Waals surface area (Å²) < 4.78 is 5.84. The fourth-order valence-electron chi connectivity index (χ4n) is 2.04. The molecule has 21 heavy (non-hydrogen) atoms. The molecule has 1 heterocycles. The maximum atomic E-state index is 6.19. The van der Waals surface area contributed by atoms with Gasteiger partial charge in [0, 0.05) is 6.54 Å². The van der Waals surface area contributed by atoms with Crippen LogP contribution in [0.4, 0.5) is 5.82 Å². The van der Waals surface area contributed by atoms with Crippen molar-refractivity contribution in [1.29, 1.82) is 0 Å². The van der Waals surface area contributed by atoms with Gasteiger partial charge in [0.25, 0.3) is 0 Å². The Morgan fingerprint density at radius 3 is 2.71 bits per heavy atom. The third-order valence-electron chi connectivity index (χ3n) is 3.17. The Morgan fingerprint density at radius 2 is 2.00 bits per heavy atom. The van der Waals surface area contributed by atoms with Gasteiger partial charge in [-0.1, -0.05) is 36.2 Å². The van der Waals surface area contributed by atoms with Crippen LogP contribution in [-0.2, 0) is 6.61 Å². The number of nitrogens with zero attached hydrogens (tertiary/aromatic N) is 1. The molecular weight excluding hydrogens is 284 g/mol. The van der Waals surface area contributed by atoms with Gasteiger partial charge >= 0.3 is 0 Å². The van der Waals surface area contributed by atoms with Crippen LogP contribution < -0.4 is 10.1 Å². The summed E-state index contributed by atoms with van der Waals surface area (Å²) in [4.78, 5) is 4.50. The summed E-state index contributed by atoms with van der Waals surface area (Å²) in [7, 11) is 0. The highest BCUT2D eigenvalue weighted by molar-refractivity contribution is 6.31. The molecule has 0 saturated heterocycles. The second kappa shape index (κ2) is 7.32. The largest absolute Gasteiger partial charge is 0.487 e. The Kier molecular flexibility index (Phi) is 5.45. The number of ether oxygens (including phenoxy) is 1. The van der Waals surface area contributed by atoms with Crippen molar-refractivity contribution in [3.8, 4) is 5.75 Å². The summed E-state index contributed by atoms with van der Waals surface area (Å²) in [5.74, 6) is 1.70. The van der Waals surface area contributed by atoms with Crippen molar-refractivity contribution in [2.24, 2.45) is 0 Å². The minimum atomic E-state index is 0.365. The first-order valence-electron chi connectivity index (χ1n) is 7.19. The van der Waals surface area contributed by atoms with Crippen molar-refractivity contribution >= 4 is 17.4 Å². The maximum Gasteiger partial charge on any atom is 0.132 e. The molecule has 0 aliphatic heterocycles. The summed E-state index contributed by atoms with van der Waals surface area (Å²) in [5, 5.41) is 3.88. The van der Waals surface area contributed by atoms with Gasteiger partial charge in [0.2, 0.25) is 0 Å². The van der Waals surface area contributed by atoms with E-state index in [2.05, 4.69) is 30.2 Å². The van der Waals surface area contributed by atoms with Crippen LogP contribution in [-0.4, -0.2) is 11.5 Å². The van der Waals surface area contributed by atoms with E-state index in [1.165, 1.54) is 5.56 Å². The summed E-state index contributed by atoms with van der Waals surface area (Å²) in [6.07, 6.45) is 1.05. The van der Waals surface area contributed by atoms with Gasteiger partial charge in [-0.05, 0) is 44.0 Å². The fourth-order valence-corrected chi connectivity index (χ4v) is 2.20. The zero-order valence-electron chi connectivity index (χ0n) is 12.7. The van der Waals surface area contributed by atoms with Crippen molar-refractivity contribution < 1.29 is 4.74 Å². The van der Waals surface area contributed by atoms with Crippen LogP contribution >= 0.6 is 11.6 Å². The molecule has 112 valence electrons. The highest BCUT2D eigenvalue weighted by Gasteiger charge is 2.06. The predicted molar refractivity (Wildman–Crippen MR) is 88.3 cm³/mol. The Bertz CT molecular complexity index is 614. The van der Waals surface area contributed by atoms with E-state index >= 15 is 0 Å². The van der Waals surface area contributed by atoms with Crippen LogP contribution in [0.3, 0.4) is 0 Å². The Morgan fingerprint density at radius 1 is 1.19 bits per heavy atom. The van der Waals surface area contributed by atoms with E-state index in [9.17, 15) is 0 Å². The first kappa shape index (κ1) is 15.6. The van der Waals surface area contributed by atoms with Gasteiger partial charge in [-0.15, -0.1) is 0 Å². The minimum Gasteiger partial charge on any atom is -0.487 e. The van der Waals surface area contributed by atoms with Gasteiger partial charge in [-0.25, -0.2) is 4.98 Å². The van der Waals surface area contributed by atoms with E-state index in [0.717, 1.165) is 35.8 Å². The number of hydrogen-bond donors (Lipinski definition) is 1. The number of nitrogens with one attached hydrogen (secondary N) is 1. The molecule has 0 atom stereocenters. The highest BCUT2D eigenvalue weighted by Crippen LogP contribution is 2.22. The molecular formula is C17H21ClN2O. The molecule has 3 nitrogen and oxygen atoms in total. The minimum absolute atomic E-state index is 0.365. The van der Waals surface area contributed by atoms with E-state index in [1.807, 2.05) is 31.2 Å². The first-order valence-corrected chi connectivity index (χ1v) is 7.57. The quantitative estimate of drug-likeness (QED) is 0.836. The van der Waals surface area contributed by atoms with E-state index in [1.54, 1.807) is 0 Å². The number of aryl methyl sites for hydroxylation is 2. The van der Waals surface area contributed by atoms with E-state index in [4.69, 9.17) is 16.3 Å². The molecule has 0 unspecified atom stereocenters. The number of hydrogen-bond acceptors (Lipinski definition) is 3. The average Bonchev–Trinajstić information content (AvgIpc) is 2.46. The second-order valence-electron chi connectivity index (χ2n) is 5.11. The van der Waals surface area contributed by atoms with Crippen molar-refractivity contribution in [2.45, 2.75) is 33.8 Å². The smallest absolute Gasteiger partial charge is 0.132 e. The third-order valence-corrected chi connectivity index (χ3v) is 3.51. The fraction of sp³-hybridized carbons (Fsp3) is 0.353. The van der Waals surface area contributed by atoms with Gasteiger partial charge in [-0.3, -0.25) is 0 Å². The standard InChI is InChI=1S/C17H21ClN2O/c1-4-9-19-17-8-6-14(18)15(20-17)11-21-16-7-5-12(2)10-13(16)3/h5-8,10H,4,9,11H2,1-3H3,(H,19,20). The summed E-state index contributed by atoms with van der Waals surface area (Å²) >= 11 is 6.19. The van der Waals surface area contributed by atoms with E-state index < -0.39 is 0 Å². The zero-order valence-corrected chi connectivity index (χ0v) is 13.5. The first-order chi connectivity index (χ1) is 10.1. The van der Waals surface area contributed by atoms with Gasteiger partial charge in [0.15, 0.2) is 0 Å². The lowest BCUT2D eigenvalue weighted by atomic mass is 10.1. The molecule has 0 amide bonds.